The maximum Gasteiger partial charge on any atom is 0.327 e. The van der Waals surface area contributed by atoms with Gasteiger partial charge in [0.05, 0.1) is 0 Å². The third kappa shape index (κ3) is 2.87. The number of carbonyl (C=O) groups is 2. The predicted octanol–water partition coefficient (Wildman–Crippen LogP) is 0.673. The molecule has 2 N–H and O–H groups in total. The van der Waals surface area contributed by atoms with Crippen molar-refractivity contribution in [3.63, 3.8) is 0 Å². The zero-order valence-corrected chi connectivity index (χ0v) is 16.8. The lowest BCUT2D eigenvalue weighted by Crippen LogP contribution is -2.66. The van der Waals surface area contributed by atoms with Gasteiger partial charge < -0.3 is 14.9 Å². The van der Waals surface area contributed by atoms with Crippen LogP contribution in [0.3, 0.4) is 0 Å². The number of nitrogens with zero attached hydrogens (tertiary/aromatic N) is 4. The lowest BCUT2D eigenvalue weighted by molar-refractivity contribution is -0.138. The number of hydrogen-bond acceptors (Lipinski definition) is 6. The predicted molar refractivity (Wildman–Crippen MR) is 106 cm³/mol. The molecule has 3 saturated heterocycles. The van der Waals surface area contributed by atoms with E-state index >= 15 is 0 Å². The van der Waals surface area contributed by atoms with Crippen LogP contribution in [0.15, 0.2) is 18.2 Å². The summed E-state index contributed by atoms with van der Waals surface area (Å²) in [5.41, 5.74) is 3.64. The Morgan fingerprint density at radius 1 is 1.21 bits per heavy atom. The molecule has 8 nitrogen and oxygen atoms in total. The number of nitrogens with one attached hydrogen (secondary N) is 1. The standard InChI is InChI=1S/C20H29N5O3/c1-13-7-4-8-15(14(13)2)23-9-5-10-24-16-17(21-19(23)24)22(3)20(28)25(18(16)27)11-6-12-26/h4,7-8,16-17,19,21,26H,5-6,9-12H2,1-3H3. The van der Waals surface area contributed by atoms with Crippen molar-refractivity contribution in [1.29, 1.82) is 0 Å². The van der Waals surface area contributed by atoms with Crippen molar-refractivity contribution in [2.45, 2.75) is 45.2 Å². The van der Waals surface area contributed by atoms with Crippen molar-refractivity contribution in [2.24, 2.45) is 0 Å². The molecular weight excluding hydrogens is 358 g/mol. The van der Waals surface area contributed by atoms with Crippen LogP contribution in [0.2, 0.25) is 0 Å². The zero-order valence-electron chi connectivity index (χ0n) is 16.8. The van der Waals surface area contributed by atoms with Crippen LogP contribution in [0.5, 0.6) is 0 Å². The molecule has 28 heavy (non-hydrogen) atoms. The molecule has 0 spiro atoms. The van der Waals surface area contributed by atoms with Crippen molar-refractivity contribution in [1.82, 2.24) is 20.0 Å². The average molecular weight is 387 g/mol. The number of urea groups is 1. The molecule has 0 aliphatic carbocycles. The van der Waals surface area contributed by atoms with Crippen LogP contribution in [0.4, 0.5) is 10.5 Å². The van der Waals surface area contributed by atoms with E-state index in [9.17, 15) is 9.59 Å². The van der Waals surface area contributed by atoms with Crippen LogP contribution in [0.1, 0.15) is 24.0 Å². The number of aliphatic hydroxyl groups excluding tert-OH is 1. The summed E-state index contributed by atoms with van der Waals surface area (Å²) in [4.78, 5) is 33.3. The Morgan fingerprint density at radius 3 is 2.75 bits per heavy atom. The molecule has 3 unspecified atom stereocenters. The maximum atomic E-state index is 13.2. The van der Waals surface area contributed by atoms with Gasteiger partial charge in [0, 0.05) is 39.0 Å². The van der Waals surface area contributed by atoms with Gasteiger partial charge >= 0.3 is 6.03 Å². The van der Waals surface area contributed by atoms with Crippen molar-refractivity contribution in [3.8, 4) is 0 Å². The minimum atomic E-state index is -0.403. The fraction of sp³-hybridized carbons (Fsp3) is 0.600. The molecule has 3 aliphatic rings. The highest BCUT2D eigenvalue weighted by molar-refractivity contribution is 6.00. The number of likely N-dealkylation sites (N-methyl/N-ethyl adjacent to an activating group) is 1. The summed E-state index contributed by atoms with van der Waals surface area (Å²) in [6.07, 6.45) is 0.882. The average Bonchev–Trinajstić information content (AvgIpc) is 3.08. The number of fused-ring (bicyclic) bond motifs is 3. The van der Waals surface area contributed by atoms with Crippen LogP contribution >= 0.6 is 0 Å². The van der Waals surface area contributed by atoms with E-state index in [1.54, 1.807) is 11.9 Å². The number of rotatable bonds is 4. The molecule has 3 aliphatic heterocycles. The molecule has 8 heteroatoms. The zero-order chi connectivity index (χ0) is 20.0. The largest absolute Gasteiger partial charge is 0.396 e. The Labute approximate surface area is 165 Å². The van der Waals surface area contributed by atoms with Crippen LogP contribution in [-0.2, 0) is 4.79 Å². The van der Waals surface area contributed by atoms with E-state index in [4.69, 9.17) is 5.11 Å². The van der Waals surface area contributed by atoms with Crippen LogP contribution in [-0.4, -0.2) is 83.5 Å². The molecule has 0 bridgehead atoms. The molecule has 1 aromatic carbocycles. The highest BCUT2D eigenvalue weighted by Gasteiger charge is 2.56. The number of aryl methyl sites for hydroxylation is 1. The summed E-state index contributed by atoms with van der Waals surface area (Å²) in [5.74, 6) is -0.167. The highest BCUT2D eigenvalue weighted by atomic mass is 16.3. The van der Waals surface area contributed by atoms with E-state index in [2.05, 4.69) is 47.2 Å². The van der Waals surface area contributed by atoms with E-state index < -0.39 is 6.04 Å². The van der Waals surface area contributed by atoms with Gasteiger partial charge in [0.15, 0.2) is 0 Å². The molecule has 3 amide bonds. The Hall–Kier alpha value is -2.16. The van der Waals surface area contributed by atoms with Gasteiger partial charge in [-0.2, -0.15) is 0 Å². The molecule has 4 rings (SSSR count). The summed E-state index contributed by atoms with van der Waals surface area (Å²) < 4.78 is 0. The van der Waals surface area contributed by atoms with Gasteiger partial charge in [-0.15, -0.1) is 0 Å². The third-order valence-electron chi connectivity index (χ3n) is 6.30. The Balaban J connectivity index is 1.65. The molecule has 0 radical (unpaired) electrons. The first-order valence-corrected chi connectivity index (χ1v) is 9.99. The van der Waals surface area contributed by atoms with Crippen LogP contribution in [0.25, 0.3) is 0 Å². The monoisotopic (exact) mass is 387 g/mol. The van der Waals surface area contributed by atoms with Crippen LogP contribution < -0.4 is 10.2 Å². The highest BCUT2D eigenvalue weighted by Crippen LogP contribution is 2.34. The molecular formula is C20H29N5O3. The Kier molecular flexibility index (Phi) is 5.03. The second-order valence-electron chi connectivity index (χ2n) is 7.89. The van der Waals surface area contributed by atoms with Gasteiger partial charge in [-0.05, 0) is 43.9 Å². The minimum Gasteiger partial charge on any atom is -0.396 e. The smallest absolute Gasteiger partial charge is 0.327 e. The lowest BCUT2D eigenvalue weighted by Gasteiger charge is -2.44. The first kappa shape index (κ1) is 19.2. The van der Waals surface area contributed by atoms with Gasteiger partial charge in [0.25, 0.3) is 5.91 Å². The second-order valence-corrected chi connectivity index (χ2v) is 7.89. The normalized spacial score (nSPS) is 28.0. The topological polar surface area (TPSA) is 79.4 Å². The minimum absolute atomic E-state index is 0.0418. The number of carbonyl (C=O) groups excluding carboxylic acids is 2. The number of amides is 3. The van der Waals surface area contributed by atoms with E-state index in [1.165, 1.54) is 21.7 Å². The summed E-state index contributed by atoms with van der Waals surface area (Å²) in [7, 11) is 1.74. The summed E-state index contributed by atoms with van der Waals surface area (Å²) >= 11 is 0. The molecule has 0 saturated carbocycles. The summed E-state index contributed by atoms with van der Waals surface area (Å²) in [6.45, 7) is 6.15. The Bertz CT molecular complexity index is 785. The Morgan fingerprint density at radius 2 is 2.00 bits per heavy atom. The van der Waals surface area contributed by atoms with E-state index in [1.807, 2.05) is 0 Å². The van der Waals surface area contributed by atoms with Crippen molar-refractivity contribution < 1.29 is 14.7 Å². The van der Waals surface area contributed by atoms with E-state index in [-0.39, 0.29) is 37.5 Å². The van der Waals surface area contributed by atoms with Gasteiger partial charge in [-0.25, -0.2) is 4.79 Å². The number of hydrogen-bond donors (Lipinski definition) is 2. The van der Waals surface area contributed by atoms with Crippen LogP contribution in [0, 0.1) is 13.8 Å². The quantitative estimate of drug-likeness (QED) is 0.791. The number of imide groups is 1. The SMILES string of the molecule is Cc1cccc(N2CCCN3C4C(=O)N(CCCO)C(=O)N(C)C4NC23)c1C. The lowest BCUT2D eigenvalue weighted by atomic mass is 10.1. The second kappa shape index (κ2) is 7.35. The van der Waals surface area contributed by atoms with Crippen molar-refractivity contribution >= 4 is 17.6 Å². The number of benzene rings is 1. The third-order valence-corrected chi connectivity index (χ3v) is 6.30. The molecule has 3 fully saturated rings. The van der Waals surface area contributed by atoms with E-state index in [0.717, 1.165) is 19.5 Å². The summed E-state index contributed by atoms with van der Waals surface area (Å²) in [5, 5.41) is 12.7. The van der Waals surface area contributed by atoms with Gasteiger partial charge in [0.2, 0.25) is 0 Å². The fourth-order valence-electron chi connectivity index (χ4n) is 4.65. The maximum absolute atomic E-state index is 13.2. The molecule has 3 atom stereocenters. The number of aliphatic hydroxyl groups is 1. The number of anilines is 1. The van der Waals surface area contributed by atoms with Gasteiger partial charge in [-0.1, -0.05) is 12.1 Å². The van der Waals surface area contributed by atoms with Gasteiger partial charge in [0.1, 0.15) is 18.5 Å². The fourth-order valence-corrected chi connectivity index (χ4v) is 4.65. The molecule has 3 heterocycles. The van der Waals surface area contributed by atoms with E-state index in [0.29, 0.717) is 6.42 Å². The molecule has 1 aromatic rings. The summed E-state index contributed by atoms with van der Waals surface area (Å²) in [6, 6.07) is 5.59. The first-order chi connectivity index (χ1) is 13.5. The molecule has 152 valence electrons. The first-order valence-electron chi connectivity index (χ1n) is 9.99. The van der Waals surface area contributed by atoms with Crippen molar-refractivity contribution in [2.75, 3.05) is 38.2 Å². The van der Waals surface area contributed by atoms with Crippen molar-refractivity contribution in [3.05, 3.63) is 29.3 Å². The molecule has 0 aromatic heterocycles. The van der Waals surface area contributed by atoms with Gasteiger partial charge in [-0.3, -0.25) is 19.9 Å².